The molecule has 0 fully saturated rings. The lowest BCUT2D eigenvalue weighted by Crippen LogP contribution is -2.32. The van der Waals surface area contributed by atoms with Gasteiger partial charge < -0.3 is 0 Å². The summed E-state index contributed by atoms with van der Waals surface area (Å²) in [6.45, 7) is 1.78. The van der Waals surface area contributed by atoms with E-state index in [1.807, 2.05) is 19.1 Å². The van der Waals surface area contributed by atoms with E-state index < -0.39 is 26.6 Å². The van der Waals surface area contributed by atoms with Crippen molar-refractivity contribution in [3.8, 4) is 0 Å². The highest BCUT2D eigenvalue weighted by molar-refractivity contribution is 7.89. The summed E-state index contributed by atoms with van der Waals surface area (Å²) >= 11 is 0. The van der Waals surface area contributed by atoms with Gasteiger partial charge in [0.1, 0.15) is 11.6 Å². The quantitative estimate of drug-likeness (QED) is 0.640. The molecule has 7 heteroatoms. The summed E-state index contributed by atoms with van der Waals surface area (Å²) in [5, 5.41) is 0. The van der Waals surface area contributed by atoms with Crippen LogP contribution in [0.2, 0.25) is 0 Å². The largest absolute Gasteiger partial charge is 0.264 e. The van der Waals surface area contributed by atoms with E-state index in [1.54, 1.807) is 30.5 Å². The second-order valence-corrected chi connectivity index (χ2v) is 7.99. The van der Waals surface area contributed by atoms with Gasteiger partial charge in [-0.3, -0.25) is 4.98 Å². The van der Waals surface area contributed by atoms with Gasteiger partial charge in [-0.15, -0.1) is 0 Å². The fraction of sp³-hybridized carbons (Fsp3) is 0.150. The molecular formula is C20H18F2N2O2S. The third-order valence-electron chi connectivity index (χ3n) is 4.21. The standard InChI is InChI=1S/C20H18F2N2O2S/c1-15-6-2-3-8-17(15)14-24(13-16-7-5-11-23-12-16)27(25,26)20-18(21)9-4-10-19(20)22/h2-12H,13-14H2,1H3. The minimum absolute atomic E-state index is 0.0162. The van der Waals surface area contributed by atoms with E-state index in [1.165, 1.54) is 6.20 Å². The highest BCUT2D eigenvalue weighted by Gasteiger charge is 2.31. The topological polar surface area (TPSA) is 50.3 Å². The van der Waals surface area contributed by atoms with E-state index in [9.17, 15) is 17.2 Å². The van der Waals surface area contributed by atoms with Gasteiger partial charge in [0.25, 0.3) is 0 Å². The van der Waals surface area contributed by atoms with Crippen molar-refractivity contribution in [1.29, 1.82) is 0 Å². The highest BCUT2D eigenvalue weighted by atomic mass is 32.2. The van der Waals surface area contributed by atoms with Crippen molar-refractivity contribution in [1.82, 2.24) is 9.29 Å². The first kappa shape index (κ1) is 19.1. The number of hydrogen-bond donors (Lipinski definition) is 0. The number of aromatic nitrogens is 1. The number of hydrogen-bond acceptors (Lipinski definition) is 3. The molecule has 1 heterocycles. The van der Waals surface area contributed by atoms with Gasteiger partial charge >= 0.3 is 0 Å². The average molecular weight is 388 g/mol. The van der Waals surface area contributed by atoms with Crippen LogP contribution in [-0.2, 0) is 23.1 Å². The number of aryl methyl sites for hydroxylation is 1. The van der Waals surface area contributed by atoms with Crippen LogP contribution in [0.3, 0.4) is 0 Å². The molecule has 0 amide bonds. The summed E-state index contributed by atoms with van der Waals surface area (Å²) < 4.78 is 55.7. The third-order valence-corrected chi connectivity index (χ3v) is 6.05. The van der Waals surface area contributed by atoms with Gasteiger partial charge in [0.05, 0.1) is 0 Å². The molecule has 0 aliphatic heterocycles. The number of pyridine rings is 1. The molecule has 0 aliphatic rings. The molecule has 0 N–H and O–H groups in total. The van der Waals surface area contributed by atoms with Crippen LogP contribution in [0.4, 0.5) is 8.78 Å². The summed E-state index contributed by atoms with van der Waals surface area (Å²) in [4.78, 5) is 3.04. The molecule has 0 aliphatic carbocycles. The fourth-order valence-corrected chi connectivity index (χ4v) is 4.27. The molecule has 0 unspecified atom stereocenters. The molecule has 140 valence electrons. The molecular weight excluding hydrogens is 370 g/mol. The minimum Gasteiger partial charge on any atom is -0.264 e. The van der Waals surface area contributed by atoms with Crippen LogP contribution in [-0.4, -0.2) is 17.7 Å². The first-order chi connectivity index (χ1) is 12.9. The van der Waals surface area contributed by atoms with E-state index >= 15 is 0 Å². The van der Waals surface area contributed by atoms with Crippen LogP contribution in [0.25, 0.3) is 0 Å². The van der Waals surface area contributed by atoms with Gasteiger partial charge in [-0.2, -0.15) is 4.31 Å². The Morgan fingerprint density at radius 2 is 1.63 bits per heavy atom. The number of benzene rings is 2. The molecule has 0 radical (unpaired) electrons. The Kier molecular flexibility index (Phi) is 5.62. The molecule has 0 atom stereocenters. The summed E-state index contributed by atoms with van der Waals surface area (Å²) in [6, 6.07) is 13.7. The van der Waals surface area contributed by atoms with Crippen LogP contribution in [0.1, 0.15) is 16.7 Å². The van der Waals surface area contributed by atoms with Gasteiger partial charge in [-0.25, -0.2) is 17.2 Å². The Morgan fingerprint density at radius 1 is 0.926 bits per heavy atom. The predicted molar refractivity (Wildman–Crippen MR) is 98.2 cm³/mol. The van der Waals surface area contributed by atoms with Gasteiger partial charge in [0.15, 0.2) is 4.90 Å². The molecule has 27 heavy (non-hydrogen) atoms. The summed E-state index contributed by atoms with van der Waals surface area (Å²) in [7, 11) is -4.42. The maximum absolute atomic E-state index is 14.2. The molecule has 0 saturated heterocycles. The normalized spacial score (nSPS) is 11.7. The van der Waals surface area contributed by atoms with Crippen LogP contribution in [0.15, 0.2) is 71.9 Å². The molecule has 4 nitrogen and oxygen atoms in total. The SMILES string of the molecule is Cc1ccccc1CN(Cc1cccnc1)S(=O)(=O)c1c(F)cccc1F. The van der Waals surface area contributed by atoms with E-state index in [4.69, 9.17) is 0 Å². The van der Waals surface area contributed by atoms with Crippen molar-refractivity contribution >= 4 is 10.0 Å². The Labute approximate surface area is 157 Å². The van der Waals surface area contributed by atoms with E-state index in [2.05, 4.69) is 4.98 Å². The third kappa shape index (κ3) is 4.20. The first-order valence-electron chi connectivity index (χ1n) is 8.27. The lowest BCUT2D eigenvalue weighted by Gasteiger charge is -2.23. The zero-order chi connectivity index (χ0) is 19.4. The van der Waals surface area contributed by atoms with Crippen molar-refractivity contribution in [2.24, 2.45) is 0 Å². The van der Waals surface area contributed by atoms with Crippen molar-refractivity contribution in [3.63, 3.8) is 0 Å². The molecule has 0 spiro atoms. The maximum atomic E-state index is 14.2. The number of rotatable bonds is 6. The molecule has 1 aromatic heterocycles. The zero-order valence-corrected chi connectivity index (χ0v) is 15.5. The Balaban J connectivity index is 2.07. The summed E-state index contributed by atoms with van der Waals surface area (Å²) in [5.41, 5.74) is 2.26. The highest BCUT2D eigenvalue weighted by Crippen LogP contribution is 2.26. The smallest absolute Gasteiger partial charge is 0.249 e. The fourth-order valence-electron chi connectivity index (χ4n) is 2.76. The van der Waals surface area contributed by atoms with Gasteiger partial charge in [-0.1, -0.05) is 36.4 Å². The van der Waals surface area contributed by atoms with Gasteiger partial charge in [0, 0.05) is 25.5 Å². The van der Waals surface area contributed by atoms with Crippen LogP contribution in [0, 0.1) is 18.6 Å². The van der Waals surface area contributed by atoms with Crippen molar-refractivity contribution < 1.29 is 17.2 Å². The lowest BCUT2D eigenvalue weighted by molar-refractivity contribution is 0.391. The van der Waals surface area contributed by atoms with Crippen molar-refractivity contribution in [3.05, 3.63) is 95.3 Å². The Hall–Kier alpha value is -2.64. The first-order valence-corrected chi connectivity index (χ1v) is 9.71. The number of nitrogens with zero attached hydrogens (tertiary/aromatic N) is 2. The second-order valence-electron chi connectivity index (χ2n) is 6.11. The van der Waals surface area contributed by atoms with E-state index in [0.29, 0.717) is 5.56 Å². The van der Waals surface area contributed by atoms with Crippen molar-refractivity contribution in [2.75, 3.05) is 0 Å². The monoisotopic (exact) mass is 388 g/mol. The molecule has 3 aromatic rings. The van der Waals surface area contributed by atoms with Gasteiger partial charge in [0.2, 0.25) is 10.0 Å². The zero-order valence-electron chi connectivity index (χ0n) is 14.6. The number of halogens is 2. The lowest BCUT2D eigenvalue weighted by atomic mass is 10.1. The average Bonchev–Trinajstić information content (AvgIpc) is 2.63. The summed E-state index contributed by atoms with van der Waals surface area (Å²) in [6.07, 6.45) is 3.10. The molecule has 2 aromatic carbocycles. The minimum atomic E-state index is -4.42. The second kappa shape index (κ2) is 7.94. The Bertz CT molecular complexity index is 1020. The van der Waals surface area contributed by atoms with Crippen molar-refractivity contribution in [2.45, 2.75) is 24.9 Å². The van der Waals surface area contributed by atoms with Crippen LogP contribution in [0.5, 0.6) is 0 Å². The van der Waals surface area contributed by atoms with Crippen LogP contribution < -0.4 is 0 Å². The van der Waals surface area contributed by atoms with E-state index in [-0.39, 0.29) is 13.1 Å². The van der Waals surface area contributed by atoms with Gasteiger partial charge in [-0.05, 0) is 41.8 Å². The molecule has 0 saturated carbocycles. The number of sulfonamides is 1. The summed E-state index contributed by atoms with van der Waals surface area (Å²) in [5.74, 6) is -2.23. The molecule has 3 rings (SSSR count). The van der Waals surface area contributed by atoms with E-state index in [0.717, 1.165) is 33.6 Å². The van der Waals surface area contributed by atoms with Crippen LogP contribution >= 0.6 is 0 Å². The Morgan fingerprint density at radius 3 is 2.26 bits per heavy atom. The maximum Gasteiger partial charge on any atom is 0.249 e. The molecule has 0 bridgehead atoms. The predicted octanol–water partition coefficient (Wildman–Crippen LogP) is 4.06.